The SMILES string of the molecule is CNCc1ccnc(N2CCCC2)c1. The Bertz CT molecular complexity index is 292. The van der Waals surface area contributed by atoms with Gasteiger partial charge in [0.2, 0.25) is 0 Å². The van der Waals surface area contributed by atoms with Crippen molar-refractivity contribution in [3.8, 4) is 0 Å². The van der Waals surface area contributed by atoms with Crippen LogP contribution >= 0.6 is 0 Å². The highest BCUT2D eigenvalue weighted by Gasteiger charge is 2.13. The molecule has 0 aromatic carbocycles. The summed E-state index contributed by atoms with van der Waals surface area (Å²) in [5.41, 5.74) is 1.31. The molecule has 14 heavy (non-hydrogen) atoms. The Morgan fingerprint density at radius 1 is 1.43 bits per heavy atom. The van der Waals surface area contributed by atoms with Crippen molar-refractivity contribution in [3.05, 3.63) is 23.9 Å². The molecule has 3 nitrogen and oxygen atoms in total. The lowest BCUT2D eigenvalue weighted by Crippen LogP contribution is -2.19. The minimum absolute atomic E-state index is 0.920. The summed E-state index contributed by atoms with van der Waals surface area (Å²) in [6.07, 6.45) is 4.51. The summed E-state index contributed by atoms with van der Waals surface area (Å²) in [5, 5.41) is 3.16. The van der Waals surface area contributed by atoms with Crippen molar-refractivity contribution in [2.45, 2.75) is 19.4 Å². The number of nitrogens with one attached hydrogen (secondary N) is 1. The second-order valence-electron chi connectivity index (χ2n) is 3.75. The standard InChI is InChI=1S/C11H17N3/c1-12-9-10-4-5-13-11(8-10)14-6-2-3-7-14/h4-5,8,12H,2-3,6-7,9H2,1H3. The molecule has 0 bridgehead atoms. The number of aromatic nitrogens is 1. The molecule has 1 aromatic rings. The van der Waals surface area contributed by atoms with E-state index in [1.807, 2.05) is 13.2 Å². The Labute approximate surface area is 85.1 Å². The number of hydrogen-bond donors (Lipinski definition) is 1. The van der Waals surface area contributed by atoms with Gasteiger partial charge in [0, 0.05) is 25.8 Å². The van der Waals surface area contributed by atoms with E-state index < -0.39 is 0 Å². The zero-order valence-electron chi connectivity index (χ0n) is 8.66. The van der Waals surface area contributed by atoms with Crippen molar-refractivity contribution in [1.82, 2.24) is 10.3 Å². The molecule has 2 heterocycles. The van der Waals surface area contributed by atoms with Crippen LogP contribution in [-0.2, 0) is 6.54 Å². The van der Waals surface area contributed by atoms with Gasteiger partial charge in [0.1, 0.15) is 5.82 Å². The third-order valence-corrected chi connectivity index (χ3v) is 2.62. The van der Waals surface area contributed by atoms with Crippen molar-refractivity contribution in [2.24, 2.45) is 0 Å². The van der Waals surface area contributed by atoms with Crippen LogP contribution in [-0.4, -0.2) is 25.1 Å². The first kappa shape index (κ1) is 9.46. The topological polar surface area (TPSA) is 28.2 Å². The van der Waals surface area contributed by atoms with Crippen LogP contribution in [0.3, 0.4) is 0 Å². The van der Waals surface area contributed by atoms with Crippen LogP contribution in [0.15, 0.2) is 18.3 Å². The lowest BCUT2D eigenvalue weighted by molar-refractivity contribution is 0.813. The maximum atomic E-state index is 4.40. The zero-order valence-corrected chi connectivity index (χ0v) is 8.66. The molecule has 1 fully saturated rings. The second kappa shape index (κ2) is 4.42. The largest absolute Gasteiger partial charge is 0.357 e. The molecule has 0 radical (unpaired) electrons. The van der Waals surface area contributed by atoms with E-state index in [2.05, 4.69) is 27.3 Å². The van der Waals surface area contributed by atoms with Gasteiger partial charge in [-0.15, -0.1) is 0 Å². The molecule has 1 N–H and O–H groups in total. The van der Waals surface area contributed by atoms with Gasteiger partial charge < -0.3 is 10.2 Å². The van der Waals surface area contributed by atoms with Crippen molar-refractivity contribution in [2.75, 3.05) is 25.0 Å². The molecule has 76 valence electrons. The Morgan fingerprint density at radius 2 is 2.21 bits per heavy atom. The first-order chi connectivity index (χ1) is 6.90. The highest BCUT2D eigenvalue weighted by Crippen LogP contribution is 2.18. The lowest BCUT2D eigenvalue weighted by Gasteiger charge is -2.16. The molecule has 1 saturated heterocycles. The van der Waals surface area contributed by atoms with Gasteiger partial charge in [-0.2, -0.15) is 0 Å². The molecular formula is C11H17N3. The smallest absolute Gasteiger partial charge is 0.128 e. The van der Waals surface area contributed by atoms with Crippen LogP contribution < -0.4 is 10.2 Å². The van der Waals surface area contributed by atoms with Gasteiger partial charge in [0.25, 0.3) is 0 Å². The van der Waals surface area contributed by atoms with E-state index in [1.165, 1.54) is 18.4 Å². The molecule has 0 amide bonds. The zero-order chi connectivity index (χ0) is 9.80. The van der Waals surface area contributed by atoms with E-state index in [4.69, 9.17) is 0 Å². The maximum Gasteiger partial charge on any atom is 0.128 e. The van der Waals surface area contributed by atoms with Gasteiger partial charge >= 0.3 is 0 Å². The molecule has 0 atom stereocenters. The van der Waals surface area contributed by atoms with Gasteiger partial charge in [0.05, 0.1) is 0 Å². The maximum absolute atomic E-state index is 4.40. The number of pyridine rings is 1. The number of rotatable bonds is 3. The number of hydrogen-bond acceptors (Lipinski definition) is 3. The minimum atomic E-state index is 0.920. The molecule has 0 aliphatic carbocycles. The minimum Gasteiger partial charge on any atom is -0.357 e. The van der Waals surface area contributed by atoms with E-state index in [0.29, 0.717) is 0 Å². The van der Waals surface area contributed by atoms with E-state index in [-0.39, 0.29) is 0 Å². The van der Waals surface area contributed by atoms with Gasteiger partial charge in [-0.05, 0) is 37.6 Å². The third-order valence-electron chi connectivity index (χ3n) is 2.62. The first-order valence-electron chi connectivity index (χ1n) is 5.24. The summed E-state index contributed by atoms with van der Waals surface area (Å²) in [5.74, 6) is 1.13. The van der Waals surface area contributed by atoms with Crippen LogP contribution in [0.4, 0.5) is 5.82 Å². The van der Waals surface area contributed by atoms with E-state index in [9.17, 15) is 0 Å². The summed E-state index contributed by atoms with van der Waals surface area (Å²) in [4.78, 5) is 6.76. The van der Waals surface area contributed by atoms with Crippen molar-refractivity contribution < 1.29 is 0 Å². The quantitative estimate of drug-likeness (QED) is 0.782. The van der Waals surface area contributed by atoms with Crippen LogP contribution in [0.1, 0.15) is 18.4 Å². The Balaban J connectivity index is 2.12. The predicted octanol–water partition coefficient (Wildman–Crippen LogP) is 1.40. The number of anilines is 1. The summed E-state index contributed by atoms with van der Waals surface area (Å²) >= 11 is 0. The Hall–Kier alpha value is -1.09. The summed E-state index contributed by atoms with van der Waals surface area (Å²) in [7, 11) is 1.97. The Kier molecular flexibility index (Phi) is 2.99. The van der Waals surface area contributed by atoms with E-state index in [1.54, 1.807) is 0 Å². The molecule has 2 rings (SSSR count). The first-order valence-corrected chi connectivity index (χ1v) is 5.24. The molecule has 1 aliphatic rings. The van der Waals surface area contributed by atoms with Crippen molar-refractivity contribution in [3.63, 3.8) is 0 Å². The molecular weight excluding hydrogens is 174 g/mol. The predicted molar refractivity (Wildman–Crippen MR) is 58.4 cm³/mol. The lowest BCUT2D eigenvalue weighted by atomic mass is 10.2. The van der Waals surface area contributed by atoms with Gasteiger partial charge in [0.15, 0.2) is 0 Å². The molecule has 1 aliphatic heterocycles. The summed E-state index contributed by atoms with van der Waals surface area (Å²) in [6.45, 7) is 3.25. The van der Waals surface area contributed by atoms with Gasteiger partial charge in [-0.1, -0.05) is 0 Å². The highest BCUT2D eigenvalue weighted by atomic mass is 15.2. The third kappa shape index (κ3) is 2.04. The van der Waals surface area contributed by atoms with Crippen LogP contribution in [0.25, 0.3) is 0 Å². The van der Waals surface area contributed by atoms with Gasteiger partial charge in [-0.3, -0.25) is 0 Å². The summed E-state index contributed by atoms with van der Waals surface area (Å²) < 4.78 is 0. The van der Waals surface area contributed by atoms with Crippen LogP contribution in [0.2, 0.25) is 0 Å². The fourth-order valence-electron chi connectivity index (χ4n) is 1.89. The molecule has 0 saturated carbocycles. The average molecular weight is 191 g/mol. The average Bonchev–Trinajstić information content (AvgIpc) is 2.71. The summed E-state index contributed by atoms with van der Waals surface area (Å²) in [6, 6.07) is 4.25. The Morgan fingerprint density at radius 3 is 2.93 bits per heavy atom. The van der Waals surface area contributed by atoms with Crippen molar-refractivity contribution >= 4 is 5.82 Å². The van der Waals surface area contributed by atoms with E-state index in [0.717, 1.165) is 25.5 Å². The molecule has 0 unspecified atom stereocenters. The fourth-order valence-corrected chi connectivity index (χ4v) is 1.89. The fraction of sp³-hybridized carbons (Fsp3) is 0.545. The normalized spacial score (nSPS) is 16.2. The number of nitrogens with zero attached hydrogens (tertiary/aromatic N) is 2. The van der Waals surface area contributed by atoms with Crippen LogP contribution in [0, 0.1) is 0 Å². The second-order valence-corrected chi connectivity index (χ2v) is 3.75. The van der Waals surface area contributed by atoms with Gasteiger partial charge in [-0.25, -0.2) is 4.98 Å². The molecule has 3 heteroatoms. The molecule has 1 aromatic heterocycles. The van der Waals surface area contributed by atoms with Crippen molar-refractivity contribution in [1.29, 1.82) is 0 Å². The highest BCUT2D eigenvalue weighted by molar-refractivity contribution is 5.41. The van der Waals surface area contributed by atoms with E-state index >= 15 is 0 Å². The van der Waals surface area contributed by atoms with Crippen LogP contribution in [0.5, 0.6) is 0 Å². The molecule has 0 spiro atoms. The monoisotopic (exact) mass is 191 g/mol.